The van der Waals surface area contributed by atoms with Gasteiger partial charge in [0.2, 0.25) is 20.9 Å². The summed E-state index contributed by atoms with van der Waals surface area (Å²) in [6.07, 6.45) is 1.92. The molecule has 0 aliphatic carbocycles. The fourth-order valence-corrected chi connectivity index (χ4v) is 6.43. The number of carbonyl (C=O) groups excluding carboxylic acids is 1. The molecular weight excluding hydrogens is 512 g/mol. The number of benzene rings is 2. The number of hydrogen-bond acceptors (Lipinski definition) is 6. The molecule has 8 nitrogen and oxygen atoms in total. The van der Waals surface area contributed by atoms with Gasteiger partial charge in [0.1, 0.15) is 0 Å². The van der Waals surface area contributed by atoms with E-state index in [4.69, 9.17) is 4.74 Å². The van der Waals surface area contributed by atoms with Crippen LogP contribution in [0, 0.1) is 12.8 Å². The van der Waals surface area contributed by atoms with Gasteiger partial charge in [0.05, 0.1) is 43.8 Å². The average molecular weight is 553 g/mol. The second-order valence-corrected chi connectivity index (χ2v) is 12.5. The van der Waals surface area contributed by atoms with Crippen LogP contribution in [0.15, 0.2) is 66.0 Å². The molecule has 210 valence electrons. The number of hydrogen-bond donors (Lipinski definition) is 0. The molecule has 3 aromatic rings. The number of rotatable bonds is 12. The highest BCUT2D eigenvalue weighted by Gasteiger charge is 2.27. The van der Waals surface area contributed by atoms with Crippen molar-refractivity contribution in [1.82, 2.24) is 19.4 Å². The molecule has 0 bridgehead atoms. The Kier molecular flexibility index (Phi) is 9.94. The molecule has 4 rings (SSSR count). The van der Waals surface area contributed by atoms with E-state index < -0.39 is 9.84 Å². The maximum atomic E-state index is 13.6. The molecule has 39 heavy (non-hydrogen) atoms. The van der Waals surface area contributed by atoms with Crippen molar-refractivity contribution in [3.05, 3.63) is 83.2 Å². The molecular formula is C30H40N4O4S. The molecule has 2 heterocycles. The van der Waals surface area contributed by atoms with Crippen molar-refractivity contribution in [1.29, 1.82) is 0 Å². The van der Waals surface area contributed by atoms with E-state index in [1.165, 1.54) is 0 Å². The minimum absolute atomic E-state index is 0.0103. The van der Waals surface area contributed by atoms with Gasteiger partial charge in [-0.25, -0.2) is 13.4 Å². The highest BCUT2D eigenvalue weighted by Crippen LogP contribution is 2.22. The minimum atomic E-state index is -3.70. The Balaban J connectivity index is 1.60. The zero-order valence-corrected chi connectivity index (χ0v) is 24.1. The van der Waals surface area contributed by atoms with Crippen LogP contribution in [0.5, 0.6) is 0 Å². The van der Waals surface area contributed by atoms with Crippen LogP contribution in [0.2, 0.25) is 0 Å². The van der Waals surface area contributed by atoms with Crippen LogP contribution in [-0.2, 0) is 44.6 Å². The molecule has 0 radical (unpaired) electrons. The lowest BCUT2D eigenvalue weighted by atomic mass is 10.1. The Morgan fingerprint density at radius 2 is 1.74 bits per heavy atom. The van der Waals surface area contributed by atoms with Gasteiger partial charge >= 0.3 is 0 Å². The molecule has 1 fully saturated rings. The van der Waals surface area contributed by atoms with Crippen LogP contribution in [-0.4, -0.2) is 73.1 Å². The van der Waals surface area contributed by atoms with Crippen molar-refractivity contribution >= 4 is 15.7 Å². The molecule has 0 atom stereocenters. The van der Waals surface area contributed by atoms with Gasteiger partial charge in [0, 0.05) is 32.7 Å². The molecule has 0 spiro atoms. The van der Waals surface area contributed by atoms with Gasteiger partial charge in [0.25, 0.3) is 0 Å². The van der Waals surface area contributed by atoms with Gasteiger partial charge in [-0.15, -0.1) is 0 Å². The number of ether oxygens (including phenoxy) is 1. The Morgan fingerprint density at radius 3 is 2.44 bits per heavy atom. The zero-order chi connectivity index (χ0) is 27.8. The Morgan fingerprint density at radius 1 is 1.05 bits per heavy atom. The number of amides is 1. The molecule has 1 amide bonds. The first-order valence-corrected chi connectivity index (χ1v) is 15.3. The second kappa shape index (κ2) is 13.4. The summed E-state index contributed by atoms with van der Waals surface area (Å²) < 4.78 is 34.4. The maximum absolute atomic E-state index is 13.6. The summed E-state index contributed by atoms with van der Waals surface area (Å²) in [5.74, 6) is 0.102. The number of carbonyl (C=O) groups is 1. The first-order valence-electron chi connectivity index (χ1n) is 13.7. The fourth-order valence-electron chi connectivity index (χ4n) is 4.82. The topological polar surface area (TPSA) is 84.7 Å². The van der Waals surface area contributed by atoms with Crippen molar-refractivity contribution < 1.29 is 17.9 Å². The van der Waals surface area contributed by atoms with E-state index in [1.807, 2.05) is 66.4 Å². The van der Waals surface area contributed by atoms with Gasteiger partial charge in [-0.2, -0.15) is 0 Å². The maximum Gasteiger partial charge on any atom is 0.228 e. The fraction of sp³-hybridized carbons (Fsp3) is 0.467. The summed E-state index contributed by atoms with van der Waals surface area (Å²) in [7, 11) is -3.70. The Labute approximate surface area is 232 Å². The Hall–Kier alpha value is -3.01. The lowest BCUT2D eigenvalue weighted by molar-refractivity contribution is -0.131. The molecule has 2 aromatic carbocycles. The van der Waals surface area contributed by atoms with Gasteiger partial charge in [-0.3, -0.25) is 9.69 Å². The van der Waals surface area contributed by atoms with E-state index in [9.17, 15) is 13.2 Å². The smallest absolute Gasteiger partial charge is 0.228 e. The number of aryl methyl sites for hydroxylation is 1. The quantitative estimate of drug-likeness (QED) is 0.341. The van der Waals surface area contributed by atoms with E-state index in [2.05, 4.69) is 23.7 Å². The van der Waals surface area contributed by atoms with Crippen LogP contribution in [0.1, 0.15) is 36.2 Å². The van der Waals surface area contributed by atoms with Crippen molar-refractivity contribution in [2.45, 2.75) is 51.2 Å². The van der Waals surface area contributed by atoms with Gasteiger partial charge in [-0.1, -0.05) is 68.4 Å². The third-order valence-electron chi connectivity index (χ3n) is 7.03. The summed E-state index contributed by atoms with van der Waals surface area (Å²) in [5.41, 5.74) is 3.39. The summed E-state index contributed by atoms with van der Waals surface area (Å²) in [4.78, 5) is 22.1. The number of aromatic nitrogens is 2. The zero-order valence-electron chi connectivity index (χ0n) is 23.3. The summed E-state index contributed by atoms with van der Waals surface area (Å²) in [5, 5.41) is 0.0677. The van der Waals surface area contributed by atoms with Gasteiger partial charge in [0.15, 0.2) is 0 Å². The first kappa shape index (κ1) is 29.0. The predicted molar refractivity (Wildman–Crippen MR) is 152 cm³/mol. The van der Waals surface area contributed by atoms with Crippen LogP contribution in [0.3, 0.4) is 0 Å². The largest absolute Gasteiger partial charge is 0.379 e. The van der Waals surface area contributed by atoms with E-state index >= 15 is 0 Å². The van der Waals surface area contributed by atoms with Crippen LogP contribution in [0.25, 0.3) is 0 Å². The minimum Gasteiger partial charge on any atom is -0.379 e. The monoisotopic (exact) mass is 552 g/mol. The van der Waals surface area contributed by atoms with Gasteiger partial charge < -0.3 is 14.2 Å². The highest BCUT2D eigenvalue weighted by atomic mass is 32.2. The molecule has 0 N–H and O–H groups in total. The molecule has 1 aromatic heterocycles. The third-order valence-corrected chi connectivity index (χ3v) is 8.60. The number of sulfone groups is 1. The summed E-state index contributed by atoms with van der Waals surface area (Å²) >= 11 is 0. The van der Waals surface area contributed by atoms with E-state index in [0.29, 0.717) is 39.3 Å². The normalized spacial score (nSPS) is 14.6. The van der Waals surface area contributed by atoms with Crippen molar-refractivity contribution in [3.63, 3.8) is 0 Å². The van der Waals surface area contributed by atoms with Crippen molar-refractivity contribution in [2.75, 3.05) is 39.4 Å². The Bertz CT molecular complexity index is 1330. The molecule has 1 aliphatic heterocycles. The molecule has 1 aliphatic rings. The van der Waals surface area contributed by atoms with E-state index in [-0.39, 0.29) is 22.7 Å². The molecule has 9 heteroatoms. The van der Waals surface area contributed by atoms with Crippen molar-refractivity contribution in [3.8, 4) is 0 Å². The average Bonchev–Trinajstić information content (AvgIpc) is 3.31. The lowest BCUT2D eigenvalue weighted by Gasteiger charge is -2.30. The van der Waals surface area contributed by atoms with Crippen LogP contribution < -0.4 is 0 Å². The molecule has 0 saturated carbocycles. The predicted octanol–water partition coefficient (Wildman–Crippen LogP) is 3.72. The van der Waals surface area contributed by atoms with E-state index in [1.54, 1.807) is 10.8 Å². The molecule has 0 unspecified atom stereocenters. The standard InChI is InChI=1S/C30H40N4O4S/c1-24(2)21-34-28(20-31-30(34)39(36,37)23-27-12-8-7-9-25(27)3)22-33(14-13-32-15-17-38-18-16-32)29(35)19-26-10-5-4-6-11-26/h4-12,20,24H,13-19,21-23H2,1-3H3. The summed E-state index contributed by atoms with van der Waals surface area (Å²) in [6.45, 7) is 11.2. The first-order chi connectivity index (χ1) is 18.7. The third kappa shape index (κ3) is 8.00. The second-order valence-electron chi connectivity index (χ2n) is 10.7. The SMILES string of the molecule is Cc1ccccc1CS(=O)(=O)c1ncc(CN(CCN2CCOCC2)C(=O)Cc2ccccc2)n1CC(C)C. The van der Waals surface area contributed by atoms with Crippen LogP contribution >= 0.6 is 0 Å². The van der Waals surface area contributed by atoms with E-state index in [0.717, 1.165) is 42.0 Å². The number of morpholine rings is 1. The van der Waals surface area contributed by atoms with Crippen molar-refractivity contribution in [2.24, 2.45) is 5.92 Å². The van der Waals surface area contributed by atoms with Crippen LogP contribution in [0.4, 0.5) is 0 Å². The number of nitrogens with zero attached hydrogens (tertiary/aromatic N) is 4. The lowest BCUT2D eigenvalue weighted by Crippen LogP contribution is -2.43. The molecule has 1 saturated heterocycles. The highest BCUT2D eigenvalue weighted by molar-refractivity contribution is 7.90. The number of imidazole rings is 1. The van der Waals surface area contributed by atoms with Gasteiger partial charge in [-0.05, 0) is 29.5 Å². The summed E-state index contributed by atoms with van der Waals surface area (Å²) in [6, 6.07) is 17.2.